The number of carboxylic acid groups (broad SMARTS) is 1. The van der Waals surface area contributed by atoms with Gasteiger partial charge in [-0.25, -0.2) is 4.98 Å². The van der Waals surface area contributed by atoms with Crippen LogP contribution in [0.15, 0.2) is 22.6 Å². The molecule has 3 N–H and O–H groups in total. The number of nitrogens with zero attached hydrogens (tertiary/aromatic N) is 1. The molecule has 0 aliphatic rings. The number of nitrogen functional groups attached to an aromatic ring is 1. The molecule has 14 heavy (non-hydrogen) atoms. The van der Waals surface area contributed by atoms with E-state index < -0.39 is 5.97 Å². The van der Waals surface area contributed by atoms with Crippen LogP contribution in [0, 0.1) is 0 Å². The highest BCUT2D eigenvalue weighted by atomic mass is 16.4. The van der Waals surface area contributed by atoms with E-state index in [2.05, 4.69) is 4.98 Å². The second-order valence-corrected chi connectivity index (χ2v) is 2.91. The zero-order chi connectivity index (χ0) is 10.1. The Morgan fingerprint density at radius 1 is 1.57 bits per heavy atom. The number of hydrogen-bond donors (Lipinski definition) is 2. The number of rotatable bonds is 2. The van der Waals surface area contributed by atoms with Gasteiger partial charge in [-0.1, -0.05) is 0 Å². The molecule has 0 unspecified atom stereocenters. The summed E-state index contributed by atoms with van der Waals surface area (Å²) in [5.41, 5.74) is 7.25. The number of oxazole rings is 1. The third kappa shape index (κ3) is 1.52. The molecule has 1 aromatic heterocycles. The van der Waals surface area contributed by atoms with Crippen molar-refractivity contribution in [3.05, 3.63) is 24.1 Å². The minimum atomic E-state index is -0.968. The normalized spacial score (nSPS) is 10.6. The number of fused-ring (bicyclic) bond motifs is 1. The predicted molar refractivity (Wildman–Crippen MR) is 49.8 cm³/mol. The molecule has 72 valence electrons. The number of aromatic nitrogens is 1. The molecule has 0 amide bonds. The Labute approximate surface area is 79.2 Å². The molecule has 2 rings (SSSR count). The molecule has 1 heterocycles. The van der Waals surface area contributed by atoms with E-state index >= 15 is 0 Å². The molecule has 0 fully saturated rings. The van der Waals surface area contributed by atoms with Crippen LogP contribution in [0.5, 0.6) is 0 Å². The van der Waals surface area contributed by atoms with Gasteiger partial charge >= 0.3 is 5.97 Å². The molecule has 0 bridgehead atoms. The van der Waals surface area contributed by atoms with Gasteiger partial charge in [0.2, 0.25) is 5.89 Å². The molecule has 0 aliphatic heterocycles. The summed E-state index contributed by atoms with van der Waals surface area (Å²) >= 11 is 0. The van der Waals surface area contributed by atoms with Crippen molar-refractivity contribution in [2.24, 2.45) is 0 Å². The van der Waals surface area contributed by atoms with Gasteiger partial charge in [-0.05, 0) is 18.2 Å². The lowest BCUT2D eigenvalue weighted by atomic mass is 10.3. The Morgan fingerprint density at radius 3 is 3.07 bits per heavy atom. The van der Waals surface area contributed by atoms with Gasteiger partial charge in [0.05, 0.1) is 0 Å². The second-order valence-electron chi connectivity index (χ2n) is 2.91. The summed E-state index contributed by atoms with van der Waals surface area (Å²) in [4.78, 5) is 14.4. The van der Waals surface area contributed by atoms with Crippen LogP contribution in [0.3, 0.4) is 0 Å². The third-order valence-corrected chi connectivity index (χ3v) is 1.76. The molecular weight excluding hydrogens is 184 g/mol. The van der Waals surface area contributed by atoms with E-state index in [4.69, 9.17) is 15.3 Å². The number of anilines is 1. The number of carboxylic acids is 1. The van der Waals surface area contributed by atoms with E-state index in [9.17, 15) is 4.79 Å². The second kappa shape index (κ2) is 3.02. The highest BCUT2D eigenvalue weighted by molar-refractivity contribution is 5.77. The quantitative estimate of drug-likeness (QED) is 0.694. The molecule has 0 saturated carbocycles. The minimum Gasteiger partial charge on any atom is -0.481 e. The lowest BCUT2D eigenvalue weighted by Crippen LogP contribution is -1.99. The van der Waals surface area contributed by atoms with E-state index in [1.807, 2.05) is 0 Å². The lowest BCUT2D eigenvalue weighted by Gasteiger charge is -1.88. The van der Waals surface area contributed by atoms with Crippen LogP contribution in [-0.4, -0.2) is 16.1 Å². The lowest BCUT2D eigenvalue weighted by molar-refractivity contribution is -0.136. The van der Waals surface area contributed by atoms with Crippen LogP contribution in [-0.2, 0) is 11.2 Å². The summed E-state index contributed by atoms with van der Waals surface area (Å²) in [6.07, 6.45) is -0.214. The van der Waals surface area contributed by atoms with Gasteiger partial charge < -0.3 is 15.3 Å². The first-order chi connectivity index (χ1) is 6.65. The Balaban J connectivity index is 2.46. The van der Waals surface area contributed by atoms with E-state index in [-0.39, 0.29) is 12.3 Å². The molecule has 1 aromatic carbocycles. The maximum Gasteiger partial charge on any atom is 0.312 e. The van der Waals surface area contributed by atoms with Gasteiger partial charge in [-0.2, -0.15) is 0 Å². The van der Waals surface area contributed by atoms with Crippen LogP contribution in [0.25, 0.3) is 11.1 Å². The highest BCUT2D eigenvalue weighted by Crippen LogP contribution is 2.18. The van der Waals surface area contributed by atoms with Gasteiger partial charge in [-0.15, -0.1) is 0 Å². The molecule has 0 spiro atoms. The number of nitrogens with two attached hydrogens (primary N) is 1. The summed E-state index contributed by atoms with van der Waals surface area (Å²) in [6, 6.07) is 4.99. The highest BCUT2D eigenvalue weighted by Gasteiger charge is 2.08. The Hall–Kier alpha value is -2.04. The summed E-state index contributed by atoms with van der Waals surface area (Å²) in [5.74, 6) is -0.775. The Morgan fingerprint density at radius 2 is 2.36 bits per heavy atom. The van der Waals surface area contributed by atoms with E-state index in [1.165, 1.54) is 0 Å². The monoisotopic (exact) mass is 192 g/mol. The molecule has 0 atom stereocenters. The number of benzene rings is 1. The van der Waals surface area contributed by atoms with Gasteiger partial charge in [0.1, 0.15) is 11.9 Å². The zero-order valence-electron chi connectivity index (χ0n) is 7.23. The Bertz CT molecular complexity index is 490. The molecule has 0 aliphatic carbocycles. The van der Waals surface area contributed by atoms with Gasteiger partial charge in [0, 0.05) is 5.69 Å². The smallest absolute Gasteiger partial charge is 0.312 e. The van der Waals surface area contributed by atoms with Gasteiger partial charge in [0.15, 0.2) is 5.58 Å². The van der Waals surface area contributed by atoms with Gasteiger partial charge in [0.25, 0.3) is 0 Å². The van der Waals surface area contributed by atoms with E-state index in [0.29, 0.717) is 16.8 Å². The summed E-state index contributed by atoms with van der Waals surface area (Å²) < 4.78 is 5.19. The standard InChI is InChI=1S/C9H8N2O3/c10-5-1-2-7-6(3-5)11-8(14-7)4-9(12)13/h1-3H,4,10H2,(H,12,13). The first-order valence-corrected chi connectivity index (χ1v) is 4.02. The number of aliphatic carboxylic acids is 1. The van der Waals surface area contributed by atoms with Crippen molar-refractivity contribution in [2.75, 3.05) is 5.73 Å². The van der Waals surface area contributed by atoms with Crippen molar-refractivity contribution in [3.8, 4) is 0 Å². The molecule has 0 radical (unpaired) electrons. The van der Waals surface area contributed by atoms with Crippen molar-refractivity contribution >= 4 is 22.8 Å². The SMILES string of the molecule is Nc1ccc2oc(CC(=O)O)nc2c1. The summed E-state index contributed by atoms with van der Waals surface area (Å²) in [7, 11) is 0. The van der Waals surface area contributed by atoms with Crippen LogP contribution in [0.4, 0.5) is 5.69 Å². The van der Waals surface area contributed by atoms with Crippen LogP contribution in [0.1, 0.15) is 5.89 Å². The third-order valence-electron chi connectivity index (χ3n) is 1.76. The van der Waals surface area contributed by atoms with Crippen LogP contribution >= 0.6 is 0 Å². The van der Waals surface area contributed by atoms with Crippen molar-refractivity contribution in [1.29, 1.82) is 0 Å². The van der Waals surface area contributed by atoms with Crippen molar-refractivity contribution in [3.63, 3.8) is 0 Å². The van der Waals surface area contributed by atoms with Crippen molar-refractivity contribution in [1.82, 2.24) is 4.98 Å². The van der Waals surface area contributed by atoms with Crippen LogP contribution in [0.2, 0.25) is 0 Å². The van der Waals surface area contributed by atoms with Crippen molar-refractivity contribution < 1.29 is 14.3 Å². The topological polar surface area (TPSA) is 89.3 Å². The number of carbonyl (C=O) groups is 1. The molecule has 5 nitrogen and oxygen atoms in total. The summed E-state index contributed by atoms with van der Waals surface area (Å²) in [6.45, 7) is 0. The molecule has 0 saturated heterocycles. The fourth-order valence-electron chi connectivity index (χ4n) is 1.20. The van der Waals surface area contributed by atoms with E-state index in [1.54, 1.807) is 18.2 Å². The average Bonchev–Trinajstić information content (AvgIpc) is 2.44. The fraction of sp³-hybridized carbons (Fsp3) is 0.111. The first kappa shape index (κ1) is 8.55. The molecule has 2 aromatic rings. The van der Waals surface area contributed by atoms with Gasteiger partial charge in [-0.3, -0.25) is 4.79 Å². The first-order valence-electron chi connectivity index (χ1n) is 4.02. The molecule has 5 heteroatoms. The zero-order valence-corrected chi connectivity index (χ0v) is 7.23. The fourth-order valence-corrected chi connectivity index (χ4v) is 1.20. The number of hydrogen-bond acceptors (Lipinski definition) is 4. The maximum atomic E-state index is 10.4. The molecular formula is C9H8N2O3. The summed E-state index contributed by atoms with van der Waals surface area (Å²) in [5, 5.41) is 8.52. The Kier molecular flexibility index (Phi) is 1.85. The predicted octanol–water partition coefficient (Wildman–Crippen LogP) is 1.04. The van der Waals surface area contributed by atoms with Crippen LogP contribution < -0.4 is 5.73 Å². The van der Waals surface area contributed by atoms with E-state index in [0.717, 1.165) is 0 Å². The van der Waals surface area contributed by atoms with Crippen molar-refractivity contribution in [2.45, 2.75) is 6.42 Å². The maximum absolute atomic E-state index is 10.4. The minimum absolute atomic E-state index is 0.193. The largest absolute Gasteiger partial charge is 0.481 e. The average molecular weight is 192 g/mol.